The summed E-state index contributed by atoms with van der Waals surface area (Å²) in [5.41, 5.74) is 1.99. The van der Waals surface area contributed by atoms with E-state index in [1.807, 2.05) is 18.2 Å². The van der Waals surface area contributed by atoms with E-state index in [0.29, 0.717) is 16.9 Å². The molecule has 0 unspecified atom stereocenters. The molecule has 1 aliphatic carbocycles. The number of imidazole rings is 1. The van der Waals surface area contributed by atoms with Gasteiger partial charge in [0.15, 0.2) is 0 Å². The first-order chi connectivity index (χ1) is 11.3. The Morgan fingerprint density at radius 1 is 1.22 bits per heavy atom. The van der Waals surface area contributed by atoms with Gasteiger partial charge in [-0.1, -0.05) is 35.9 Å². The van der Waals surface area contributed by atoms with Crippen molar-refractivity contribution in [3.63, 3.8) is 0 Å². The molecule has 0 saturated heterocycles. The second-order valence-corrected chi connectivity index (χ2v) is 6.61. The van der Waals surface area contributed by atoms with E-state index >= 15 is 0 Å². The number of fused-ring (bicyclic) bond motifs is 1. The Bertz CT molecular complexity index is 820. The number of nitrogens with zero attached hydrogens (tertiary/aromatic N) is 4. The van der Waals surface area contributed by atoms with Crippen molar-refractivity contribution in [1.82, 2.24) is 19.1 Å². The molecule has 2 heterocycles. The van der Waals surface area contributed by atoms with Gasteiger partial charge >= 0.3 is 0 Å². The maximum atomic E-state index is 12.4. The van der Waals surface area contributed by atoms with Gasteiger partial charge in [-0.2, -0.15) is 0 Å². The molecule has 1 aliphatic rings. The summed E-state index contributed by atoms with van der Waals surface area (Å²) in [4.78, 5) is 17.5. The molecule has 3 aromatic rings. The molecule has 0 aliphatic heterocycles. The number of hydrogen-bond acceptors (Lipinski definition) is 5. The first-order valence-electron chi connectivity index (χ1n) is 7.88. The number of aromatic nitrogens is 4. The fourth-order valence-corrected chi connectivity index (χ4v) is 3.68. The third-order valence-electron chi connectivity index (χ3n) is 4.35. The van der Waals surface area contributed by atoms with Gasteiger partial charge in [-0.05, 0) is 36.5 Å². The van der Waals surface area contributed by atoms with Gasteiger partial charge in [0.25, 0.3) is 5.91 Å². The highest BCUT2D eigenvalue weighted by Crippen LogP contribution is 2.34. The van der Waals surface area contributed by atoms with E-state index in [1.54, 1.807) is 0 Å². The van der Waals surface area contributed by atoms with Crippen LogP contribution in [0.1, 0.15) is 47.8 Å². The number of carbonyl (C=O) groups excluding carboxylic acids is 1. The van der Waals surface area contributed by atoms with Gasteiger partial charge in [-0.25, -0.2) is 4.98 Å². The van der Waals surface area contributed by atoms with Gasteiger partial charge in [0.2, 0.25) is 5.95 Å². The fraction of sp³-hybridized carbons (Fsp3) is 0.375. The minimum Gasteiger partial charge on any atom is -0.307 e. The molecule has 7 heteroatoms. The molecule has 1 fully saturated rings. The highest BCUT2D eigenvalue weighted by molar-refractivity contribution is 7.07. The number of nitrogens with one attached hydrogen (secondary N) is 1. The van der Waals surface area contributed by atoms with E-state index < -0.39 is 0 Å². The molecule has 118 valence electrons. The lowest BCUT2D eigenvalue weighted by Crippen LogP contribution is -2.19. The second-order valence-electron chi connectivity index (χ2n) is 5.82. The number of benzene rings is 1. The molecular weight excluding hydrogens is 310 g/mol. The van der Waals surface area contributed by atoms with E-state index in [2.05, 4.69) is 30.5 Å². The van der Waals surface area contributed by atoms with Crippen LogP contribution >= 0.6 is 11.5 Å². The Morgan fingerprint density at radius 3 is 2.83 bits per heavy atom. The van der Waals surface area contributed by atoms with Crippen LogP contribution in [0.2, 0.25) is 0 Å². The summed E-state index contributed by atoms with van der Waals surface area (Å²) < 4.78 is 5.94. The van der Waals surface area contributed by atoms with Crippen LogP contribution in [0.15, 0.2) is 30.5 Å². The Labute approximate surface area is 137 Å². The Kier molecular flexibility index (Phi) is 3.78. The van der Waals surface area contributed by atoms with E-state index in [0.717, 1.165) is 35.4 Å². The van der Waals surface area contributed by atoms with Gasteiger partial charge < -0.3 is 4.57 Å². The summed E-state index contributed by atoms with van der Waals surface area (Å²) in [5, 5.41) is 6.66. The molecule has 4 rings (SSSR count). The molecule has 1 aromatic carbocycles. The van der Waals surface area contributed by atoms with Crippen LogP contribution in [0, 0.1) is 0 Å². The van der Waals surface area contributed by atoms with Crippen LogP contribution in [0.3, 0.4) is 0 Å². The van der Waals surface area contributed by atoms with E-state index in [4.69, 9.17) is 0 Å². The van der Waals surface area contributed by atoms with Gasteiger partial charge in [-0.15, -0.1) is 5.10 Å². The quantitative estimate of drug-likeness (QED) is 0.797. The van der Waals surface area contributed by atoms with Crippen molar-refractivity contribution in [3.8, 4) is 0 Å². The first kappa shape index (κ1) is 14.3. The molecule has 0 spiro atoms. The average molecular weight is 327 g/mol. The molecule has 2 aromatic heterocycles. The largest absolute Gasteiger partial charge is 0.307 e. The minimum atomic E-state index is -0.202. The van der Waals surface area contributed by atoms with Gasteiger partial charge in [-0.3, -0.25) is 10.1 Å². The summed E-state index contributed by atoms with van der Waals surface area (Å²) in [6.07, 6.45) is 7.48. The van der Waals surface area contributed by atoms with Gasteiger partial charge in [0.1, 0.15) is 4.88 Å². The molecule has 1 saturated carbocycles. The van der Waals surface area contributed by atoms with Crippen molar-refractivity contribution in [1.29, 1.82) is 0 Å². The van der Waals surface area contributed by atoms with E-state index in [-0.39, 0.29) is 5.91 Å². The van der Waals surface area contributed by atoms with Gasteiger partial charge in [0.05, 0.1) is 17.2 Å². The predicted molar refractivity (Wildman–Crippen MR) is 89.7 cm³/mol. The number of para-hydroxylation sites is 2. The van der Waals surface area contributed by atoms with Gasteiger partial charge in [0, 0.05) is 6.04 Å². The molecule has 6 nitrogen and oxygen atoms in total. The van der Waals surface area contributed by atoms with Crippen molar-refractivity contribution >= 4 is 34.4 Å². The van der Waals surface area contributed by atoms with Crippen molar-refractivity contribution in [2.45, 2.75) is 38.1 Å². The highest BCUT2D eigenvalue weighted by Gasteiger charge is 2.23. The highest BCUT2D eigenvalue weighted by atomic mass is 32.1. The van der Waals surface area contributed by atoms with Crippen LogP contribution in [-0.2, 0) is 0 Å². The first-order valence-corrected chi connectivity index (χ1v) is 8.66. The summed E-state index contributed by atoms with van der Waals surface area (Å²) in [6.45, 7) is 0. The molecule has 1 amide bonds. The topological polar surface area (TPSA) is 72.7 Å². The van der Waals surface area contributed by atoms with Crippen LogP contribution in [0.5, 0.6) is 0 Å². The molecule has 0 radical (unpaired) electrons. The lowest BCUT2D eigenvalue weighted by Gasteiger charge is -2.25. The molecule has 1 N–H and O–H groups in total. The lowest BCUT2D eigenvalue weighted by atomic mass is 9.95. The number of hydrogen-bond donors (Lipinski definition) is 1. The maximum Gasteiger partial charge on any atom is 0.271 e. The molecule has 0 atom stereocenters. The Balaban J connectivity index is 1.74. The number of carbonyl (C=O) groups is 1. The standard InChI is InChI=1S/C16H17N5OS/c22-15(14-10-17-20-23-14)19-16-18-12-8-4-5-9-13(12)21(16)11-6-2-1-3-7-11/h4-5,8-11H,1-3,6-7H2,(H,18,19,22). The van der Waals surface area contributed by atoms with Crippen molar-refractivity contribution < 1.29 is 4.79 Å². The minimum absolute atomic E-state index is 0.202. The number of amides is 1. The summed E-state index contributed by atoms with van der Waals surface area (Å²) >= 11 is 1.09. The normalized spacial score (nSPS) is 15.8. The van der Waals surface area contributed by atoms with Crippen molar-refractivity contribution in [2.75, 3.05) is 5.32 Å². The van der Waals surface area contributed by atoms with Crippen LogP contribution in [0.4, 0.5) is 5.95 Å². The zero-order chi connectivity index (χ0) is 15.6. The molecule has 23 heavy (non-hydrogen) atoms. The third-order valence-corrected chi connectivity index (χ3v) is 5.01. The van der Waals surface area contributed by atoms with Crippen molar-refractivity contribution in [2.24, 2.45) is 0 Å². The van der Waals surface area contributed by atoms with E-state index in [1.165, 1.54) is 25.5 Å². The summed E-state index contributed by atoms with van der Waals surface area (Å²) in [6, 6.07) is 8.44. The van der Waals surface area contributed by atoms with Crippen LogP contribution in [-0.4, -0.2) is 25.0 Å². The Hall–Kier alpha value is -2.28. The molecule has 0 bridgehead atoms. The van der Waals surface area contributed by atoms with Crippen LogP contribution in [0.25, 0.3) is 11.0 Å². The monoisotopic (exact) mass is 327 g/mol. The Morgan fingerprint density at radius 2 is 2.04 bits per heavy atom. The van der Waals surface area contributed by atoms with E-state index in [9.17, 15) is 4.79 Å². The van der Waals surface area contributed by atoms with Crippen LogP contribution < -0.4 is 5.32 Å². The number of rotatable bonds is 3. The summed E-state index contributed by atoms with van der Waals surface area (Å²) in [5.74, 6) is 0.420. The number of anilines is 1. The third kappa shape index (κ3) is 2.72. The SMILES string of the molecule is O=C(Nc1nc2ccccc2n1C1CCCCC1)c1cnns1. The smallest absolute Gasteiger partial charge is 0.271 e. The fourth-order valence-electron chi connectivity index (χ4n) is 3.27. The maximum absolute atomic E-state index is 12.4. The predicted octanol–water partition coefficient (Wildman–Crippen LogP) is 3.65. The molecular formula is C16H17N5OS. The lowest BCUT2D eigenvalue weighted by molar-refractivity contribution is 0.102. The summed E-state index contributed by atoms with van der Waals surface area (Å²) in [7, 11) is 0. The second kappa shape index (κ2) is 6.08. The zero-order valence-electron chi connectivity index (χ0n) is 12.6. The van der Waals surface area contributed by atoms with Crippen molar-refractivity contribution in [3.05, 3.63) is 35.3 Å². The zero-order valence-corrected chi connectivity index (χ0v) is 13.4. The average Bonchev–Trinajstić information content (AvgIpc) is 3.23.